The van der Waals surface area contributed by atoms with Crippen molar-refractivity contribution in [2.45, 2.75) is 31.2 Å². The average molecular weight is 279 g/mol. The van der Waals surface area contributed by atoms with Crippen molar-refractivity contribution in [3.63, 3.8) is 0 Å². The number of halogens is 1. The molecule has 0 aromatic heterocycles. The van der Waals surface area contributed by atoms with Gasteiger partial charge in [-0.1, -0.05) is 36.6 Å². The summed E-state index contributed by atoms with van der Waals surface area (Å²) in [6.45, 7) is 0.0459. The first-order valence-electron chi connectivity index (χ1n) is 6.50. The number of piperazine rings is 1. The van der Waals surface area contributed by atoms with Gasteiger partial charge in [-0.2, -0.15) is 0 Å². The Morgan fingerprint density at radius 1 is 1.16 bits per heavy atom. The first kappa shape index (κ1) is 12.5. The summed E-state index contributed by atoms with van der Waals surface area (Å²) in [5.74, 6) is -0.140. The fourth-order valence-corrected chi connectivity index (χ4v) is 3.25. The summed E-state index contributed by atoms with van der Waals surface area (Å²) in [6, 6.07) is 7.15. The second kappa shape index (κ2) is 4.53. The highest BCUT2D eigenvalue weighted by Gasteiger charge is 2.48. The Morgan fingerprint density at radius 2 is 1.84 bits per heavy atom. The molecule has 1 saturated carbocycles. The van der Waals surface area contributed by atoms with Crippen molar-refractivity contribution in [1.29, 1.82) is 0 Å². The van der Waals surface area contributed by atoms with Crippen LogP contribution < -0.4 is 10.2 Å². The van der Waals surface area contributed by atoms with Gasteiger partial charge in [-0.15, -0.1) is 0 Å². The zero-order chi connectivity index (χ0) is 13.5. The number of amides is 2. The van der Waals surface area contributed by atoms with Gasteiger partial charge in [0.1, 0.15) is 12.1 Å². The third kappa shape index (κ3) is 2.00. The summed E-state index contributed by atoms with van der Waals surface area (Å²) in [6.07, 6.45) is 3.39. The van der Waals surface area contributed by atoms with Crippen LogP contribution in [0.4, 0.5) is 5.69 Å². The van der Waals surface area contributed by atoms with Gasteiger partial charge in [0.15, 0.2) is 0 Å². The maximum Gasteiger partial charge on any atom is 0.253 e. The molecule has 2 aliphatic rings. The minimum absolute atomic E-state index is 0.0299. The van der Waals surface area contributed by atoms with Crippen molar-refractivity contribution in [2.75, 3.05) is 11.4 Å². The SMILES string of the molecule is O=C1CN(c2ccccc2Cl)C(=O)C2(CCCC2)N1. The molecular weight excluding hydrogens is 264 g/mol. The van der Waals surface area contributed by atoms with E-state index in [1.165, 1.54) is 4.90 Å². The third-order valence-corrected chi connectivity index (χ3v) is 4.25. The number of hydrogen-bond donors (Lipinski definition) is 1. The summed E-state index contributed by atoms with van der Waals surface area (Å²) in [7, 11) is 0. The predicted octanol–water partition coefficient (Wildman–Crippen LogP) is 2.12. The lowest BCUT2D eigenvalue weighted by Crippen LogP contribution is -2.65. The smallest absolute Gasteiger partial charge is 0.253 e. The van der Waals surface area contributed by atoms with Crippen molar-refractivity contribution in [3.05, 3.63) is 29.3 Å². The van der Waals surface area contributed by atoms with E-state index in [9.17, 15) is 9.59 Å². The molecule has 0 bridgehead atoms. The largest absolute Gasteiger partial charge is 0.340 e. The number of nitrogens with one attached hydrogen (secondary N) is 1. The Balaban J connectivity index is 1.99. The van der Waals surface area contributed by atoms with Crippen molar-refractivity contribution >= 4 is 29.1 Å². The molecule has 1 aliphatic carbocycles. The molecule has 1 aliphatic heterocycles. The van der Waals surface area contributed by atoms with E-state index >= 15 is 0 Å². The van der Waals surface area contributed by atoms with Crippen LogP contribution in [0.1, 0.15) is 25.7 Å². The monoisotopic (exact) mass is 278 g/mol. The number of hydrogen-bond acceptors (Lipinski definition) is 2. The molecule has 4 nitrogen and oxygen atoms in total. The Labute approximate surface area is 116 Å². The number of carbonyl (C=O) groups is 2. The lowest BCUT2D eigenvalue weighted by atomic mass is 9.92. The van der Waals surface area contributed by atoms with E-state index in [4.69, 9.17) is 11.6 Å². The van der Waals surface area contributed by atoms with Gasteiger partial charge in [0.25, 0.3) is 5.91 Å². The Hall–Kier alpha value is -1.55. The fourth-order valence-electron chi connectivity index (χ4n) is 3.02. The first-order chi connectivity index (χ1) is 9.12. The minimum Gasteiger partial charge on any atom is -0.340 e. The van der Waals surface area contributed by atoms with E-state index in [1.807, 2.05) is 12.1 Å². The Morgan fingerprint density at radius 3 is 2.53 bits per heavy atom. The molecule has 1 saturated heterocycles. The van der Waals surface area contributed by atoms with Crippen LogP contribution in [-0.4, -0.2) is 23.9 Å². The van der Waals surface area contributed by atoms with Crippen LogP contribution in [0.15, 0.2) is 24.3 Å². The van der Waals surface area contributed by atoms with E-state index in [1.54, 1.807) is 12.1 Å². The van der Waals surface area contributed by atoms with Gasteiger partial charge >= 0.3 is 0 Å². The van der Waals surface area contributed by atoms with Crippen LogP contribution >= 0.6 is 11.6 Å². The molecule has 1 N–H and O–H groups in total. The van der Waals surface area contributed by atoms with E-state index in [-0.39, 0.29) is 18.4 Å². The number of nitrogens with zero attached hydrogens (tertiary/aromatic N) is 1. The van der Waals surface area contributed by atoms with E-state index in [0.29, 0.717) is 10.7 Å². The molecule has 1 aromatic carbocycles. The molecule has 0 atom stereocenters. The summed E-state index contributed by atoms with van der Waals surface area (Å²) in [4.78, 5) is 26.1. The highest BCUT2D eigenvalue weighted by atomic mass is 35.5. The zero-order valence-corrected chi connectivity index (χ0v) is 11.2. The summed E-state index contributed by atoms with van der Waals surface area (Å²) >= 11 is 6.14. The van der Waals surface area contributed by atoms with Crippen molar-refractivity contribution < 1.29 is 9.59 Å². The van der Waals surface area contributed by atoms with E-state index in [2.05, 4.69) is 5.32 Å². The summed E-state index contributed by atoms with van der Waals surface area (Å²) in [5.41, 5.74) is -0.0793. The van der Waals surface area contributed by atoms with E-state index in [0.717, 1.165) is 25.7 Å². The lowest BCUT2D eigenvalue weighted by Gasteiger charge is -2.39. The van der Waals surface area contributed by atoms with Gasteiger partial charge in [0, 0.05) is 0 Å². The third-order valence-electron chi connectivity index (χ3n) is 3.94. The fraction of sp³-hybridized carbons (Fsp3) is 0.429. The van der Waals surface area contributed by atoms with Gasteiger partial charge in [-0.3, -0.25) is 14.5 Å². The summed E-state index contributed by atoms with van der Waals surface area (Å²) < 4.78 is 0. The molecule has 0 unspecified atom stereocenters. The van der Waals surface area contributed by atoms with Crippen LogP contribution in [0.5, 0.6) is 0 Å². The molecule has 2 amide bonds. The standard InChI is InChI=1S/C14H15ClN2O2/c15-10-5-1-2-6-11(10)17-9-12(18)16-14(13(17)19)7-3-4-8-14/h1-2,5-6H,3-4,7-9H2,(H,16,18). The molecule has 1 heterocycles. The van der Waals surface area contributed by atoms with Crippen LogP contribution in [0, 0.1) is 0 Å². The second-order valence-corrected chi connectivity index (χ2v) is 5.59. The van der Waals surface area contributed by atoms with Crippen LogP contribution in [0.3, 0.4) is 0 Å². The van der Waals surface area contributed by atoms with Crippen molar-refractivity contribution in [1.82, 2.24) is 5.32 Å². The normalized spacial score (nSPS) is 21.8. The molecule has 1 aromatic rings. The van der Waals surface area contributed by atoms with Gasteiger partial charge in [0.05, 0.1) is 10.7 Å². The second-order valence-electron chi connectivity index (χ2n) is 5.18. The van der Waals surface area contributed by atoms with Gasteiger partial charge in [0.2, 0.25) is 5.91 Å². The first-order valence-corrected chi connectivity index (χ1v) is 6.88. The van der Waals surface area contributed by atoms with Crippen LogP contribution in [0.2, 0.25) is 5.02 Å². The predicted molar refractivity (Wildman–Crippen MR) is 73.1 cm³/mol. The van der Waals surface area contributed by atoms with Crippen molar-refractivity contribution in [3.8, 4) is 0 Å². The quantitative estimate of drug-likeness (QED) is 0.855. The van der Waals surface area contributed by atoms with Crippen molar-refractivity contribution in [2.24, 2.45) is 0 Å². The van der Waals surface area contributed by atoms with Gasteiger partial charge < -0.3 is 5.32 Å². The Kier molecular flexibility index (Phi) is 2.97. The number of anilines is 1. The average Bonchev–Trinajstić information content (AvgIpc) is 2.84. The van der Waals surface area contributed by atoms with Crippen LogP contribution in [-0.2, 0) is 9.59 Å². The minimum atomic E-state index is -0.700. The zero-order valence-electron chi connectivity index (χ0n) is 10.5. The topological polar surface area (TPSA) is 49.4 Å². The molecule has 5 heteroatoms. The van der Waals surface area contributed by atoms with Gasteiger partial charge in [-0.25, -0.2) is 0 Å². The number of rotatable bonds is 1. The lowest BCUT2D eigenvalue weighted by molar-refractivity contribution is -0.135. The number of para-hydroxylation sites is 1. The van der Waals surface area contributed by atoms with E-state index < -0.39 is 5.54 Å². The highest BCUT2D eigenvalue weighted by molar-refractivity contribution is 6.34. The maximum atomic E-state index is 12.7. The molecule has 100 valence electrons. The van der Waals surface area contributed by atoms with Crippen LogP contribution in [0.25, 0.3) is 0 Å². The highest BCUT2D eigenvalue weighted by Crippen LogP contribution is 2.36. The molecule has 3 rings (SSSR count). The maximum absolute atomic E-state index is 12.7. The molecule has 1 spiro atoms. The molecule has 19 heavy (non-hydrogen) atoms. The number of benzene rings is 1. The molecular formula is C14H15ClN2O2. The molecule has 2 fully saturated rings. The summed E-state index contributed by atoms with van der Waals surface area (Å²) in [5, 5.41) is 3.39. The molecule has 0 radical (unpaired) electrons. The van der Waals surface area contributed by atoms with Gasteiger partial charge in [-0.05, 0) is 25.0 Å². The number of carbonyl (C=O) groups excluding carboxylic acids is 2. The Bertz CT molecular complexity index is 538.